The Labute approximate surface area is 62.5 Å². The summed E-state index contributed by atoms with van der Waals surface area (Å²) in [5.41, 5.74) is 0.212. The van der Waals surface area contributed by atoms with Gasteiger partial charge < -0.3 is 9.15 Å². The fourth-order valence-corrected chi connectivity index (χ4v) is 1.07. The van der Waals surface area contributed by atoms with Crippen LogP contribution >= 0.6 is 0 Å². The van der Waals surface area contributed by atoms with Gasteiger partial charge in [-0.3, -0.25) is 0 Å². The summed E-state index contributed by atoms with van der Waals surface area (Å²) in [6.45, 7) is 0. The van der Waals surface area contributed by atoms with Gasteiger partial charge in [-0.05, 0) is 12.1 Å². The molecule has 0 aliphatic heterocycles. The second kappa shape index (κ2) is 1.99. The van der Waals surface area contributed by atoms with Gasteiger partial charge in [0.2, 0.25) is 0 Å². The van der Waals surface area contributed by atoms with Gasteiger partial charge in [-0.2, -0.15) is 0 Å². The van der Waals surface area contributed by atoms with Crippen molar-refractivity contribution in [2.45, 2.75) is 0 Å². The van der Waals surface area contributed by atoms with E-state index in [0.717, 1.165) is 0 Å². The van der Waals surface area contributed by atoms with E-state index in [1.165, 1.54) is 7.11 Å². The van der Waals surface area contributed by atoms with E-state index >= 15 is 0 Å². The Kier molecular flexibility index (Phi) is 1.12. The molecule has 2 aromatic heterocycles. The molecule has 0 saturated heterocycles. The molecule has 0 radical (unpaired) electrons. The molecule has 56 valence electrons. The zero-order valence-corrected chi connectivity index (χ0v) is 5.96. The quantitative estimate of drug-likeness (QED) is 0.613. The monoisotopic (exact) mass is 150 g/mol. The van der Waals surface area contributed by atoms with E-state index < -0.39 is 0 Å². The van der Waals surface area contributed by atoms with Crippen molar-refractivity contribution in [3.05, 3.63) is 28.6 Å². The normalized spacial score (nSPS) is 10.6. The molecule has 0 spiro atoms. The van der Waals surface area contributed by atoms with Crippen LogP contribution in [0.2, 0.25) is 0 Å². The first-order valence-electron chi connectivity index (χ1n) is 3.21. The predicted molar refractivity (Wildman–Crippen MR) is 40.2 cm³/mol. The highest BCUT2D eigenvalue weighted by Crippen LogP contribution is 2.20. The number of fused-ring (bicyclic) bond motifs is 3. The maximum absolute atomic E-state index is 11.0. The number of ether oxygens (including phenoxy) is 1. The number of rotatable bonds is 1. The average Bonchev–Trinajstić information content (AvgIpc) is 2.04. The van der Waals surface area contributed by atoms with Crippen molar-refractivity contribution in [3.63, 3.8) is 0 Å². The number of methoxy groups -OCH3 is 1. The summed E-state index contributed by atoms with van der Waals surface area (Å²) < 4.78 is 9.76. The van der Waals surface area contributed by atoms with Gasteiger partial charge in [0.25, 0.3) is 0 Å². The molecular weight excluding hydrogens is 144 g/mol. The van der Waals surface area contributed by atoms with Crippen molar-refractivity contribution in [2.75, 3.05) is 7.11 Å². The molecule has 0 saturated carbocycles. The summed E-state index contributed by atoms with van der Waals surface area (Å²) in [6, 6.07) is 5.12. The van der Waals surface area contributed by atoms with Gasteiger partial charge in [0.05, 0.1) is 7.11 Å². The Morgan fingerprint density at radius 3 is 2.73 bits per heavy atom. The van der Waals surface area contributed by atoms with Crippen LogP contribution in [0.5, 0.6) is 5.75 Å². The van der Waals surface area contributed by atoms with E-state index in [9.17, 15) is 4.79 Å². The van der Waals surface area contributed by atoms with E-state index in [4.69, 9.17) is 9.15 Å². The van der Waals surface area contributed by atoms with Gasteiger partial charge >= 0.3 is 5.63 Å². The fourth-order valence-electron chi connectivity index (χ4n) is 1.07. The third-order valence-electron chi connectivity index (χ3n) is 1.60. The molecule has 3 heteroatoms. The van der Waals surface area contributed by atoms with Crippen LogP contribution in [0.3, 0.4) is 0 Å². The first-order valence-corrected chi connectivity index (χ1v) is 3.21. The minimum absolute atomic E-state index is 0.332. The molecule has 0 aliphatic carbocycles. The maximum Gasteiger partial charge on any atom is 0.347 e. The smallest absolute Gasteiger partial charge is 0.347 e. The molecule has 0 amide bonds. The topological polar surface area (TPSA) is 39.4 Å². The highest BCUT2D eigenvalue weighted by molar-refractivity contribution is 5.70. The second-order valence-corrected chi connectivity index (χ2v) is 2.25. The molecular formula is C8H6O3. The third-order valence-corrected chi connectivity index (χ3v) is 1.60. The van der Waals surface area contributed by atoms with Crippen LogP contribution in [0, 0.1) is 0 Å². The maximum atomic E-state index is 11.0. The van der Waals surface area contributed by atoms with Gasteiger partial charge in [0.1, 0.15) is 16.7 Å². The first kappa shape index (κ1) is 6.22. The first-order chi connectivity index (χ1) is 5.31. The molecule has 0 fully saturated rings. The van der Waals surface area contributed by atoms with E-state index in [1.54, 1.807) is 18.2 Å². The van der Waals surface area contributed by atoms with Crippen LogP contribution in [0.15, 0.2) is 27.4 Å². The Morgan fingerprint density at radius 2 is 2.27 bits per heavy atom. The molecule has 3 aromatic rings. The SMILES string of the molecule is COc1cc2ccc1c(=O)o2. The molecule has 0 unspecified atom stereocenters. The summed E-state index contributed by atoms with van der Waals surface area (Å²) in [5, 5.41) is 0.488. The summed E-state index contributed by atoms with van der Waals surface area (Å²) in [6.07, 6.45) is 0. The molecule has 11 heavy (non-hydrogen) atoms. The van der Waals surface area contributed by atoms with Gasteiger partial charge in [0, 0.05) is 6.07 Å². The summed E-state index contributed by atoms with van der Waals surface area (Å²) in [5.74, 6) is 0.582. The van der Waals surface area contributed by atoms with E-state index in [0.29, 0.717) is 16.7 Å². The lowest BCUT2D eigenvalue weighted by Crippen LogP contribution is -2.02. The van der Waals surface area contributed by atoms with Gasteiger partial charge in [-0.25, -0.2) is 4.79 Å². The van der Waals surface area contributed by atoms with E-state index in [-0.39, 0.29) is 5.63 Å². The highest BCUT2D eigenvalue weighted by atomic mass is 16.5. The van der Waals surface area contributed by atoms with Gasteiger partial charge in [-0.15, -0.1) is 0 Å². The van der Waals surface area contributed by atoms with Crippen molar-refractivity contribution >= 4 is 11.0 Å². The molecule has 1 aromatic carbocycles. The fraction of sp³-hybridized carbons (Fsp3) is 0.125. The van der Waals surface area contributed by atoms with Crippen molar-refractivity contribution in [3.8, 4) is 5.75 Å². The van der Waals surface area contributed by atoms with Crippen LogP contribution in [0.4, 0.5) is 0 Å². The van der Waals surface area contributed by atoms with Crippen LogP contribution in [-0.4, -0.2) is 7.11 Å². The Hall–Kier alpha value is -1.51. The Bertz CT molecular complexity index is 416. The van der Waals surface area contributed by atoms with Crippen molar-refractivity contribution < 1.29 is 9.15 Å². The zero-order chi connectivity index (χ0) is 7.84. The lowest BCUT2D eigenvalue weighted by Gasteiger charge is -2.02. The van der Waals surface area contributed by atoms with Crippen LogP contribution in [0.25, 0.3) is 11.0 Å². The Balaban J connectivity index is 2.91. The molecule has 0 aliphatic rings. The largest absolute Gasteiger partial charge is 0.496 e. The second-order valence-electron chi connectivity index (χ2n) is 2.25. The summed E-state index contributed by atoms with van der Waals surface area (Å²) in [7, 11) is 1.53. The lowest BCUT2D eigenvalue weighted by molar-refractivity contribution is 0.413. The van der Waals surface area contributed by atoms with Crippen molar-refractivity contribution in [1.29, 1.82) is 0 Å². The van der Waals surface area contributed by atoms with Crippen LogP contribution in [0.1, 0.15) is 0 Å². The Morgan fingerprint density at radius 1 is 1.45 bits per heavy atom. The highest BCUT2D eigenvalue weighted by Gasteiger charge is 2.06. The number of benzene rings is 1. The summed E-state index contributed by atoms with van der Waals surface area (Å²) in [4.78, 5) is 11.0. The summed E-state index contributed by atoms with van der Waals surface area (Å²) >= 11 is 0. The predicted octanol–water partition coefficient (Wildman–Crippen LogP) is 1.24. The molecule has 0 N–H and O–H groups in total. The van der Waals surface area contributed by atoms with Gasteiger partial charge in [-0.1, -0.05) is 0 Å². The lowest BCUT2D eigenvalue weighted by atomic mass is 10.2. The molecule has 3 rings (SSSR count). The molecule has 3 nitrogen and oxygen atoms in total. The standard InChI is InChI=1S/C8H6O3/c1-10-7-4-5-2-3-6(7)8(9)11-5/h2-4H,1H3. The van der Waals surface area contributed by atoms with Gasteiger partial charge in [0.15, 0.2) is 0 Å². The van der Waals surface area contributed by atoms with Crippen LogP contribution in [-0.2, 0) is 0 Å². The number of hydrogen-bond donors (Lipinski definition) is 0. The number of hydrogen-bond acceptors (Lipinski definition) is 3. The van der Waals surface area contributed by atoms with E-state index in [2.05, 4.69) is 0 Å². The molecule has 2 bridgehead atoms. The third kappa shape index (κ3) is 0.774. The molecule has 0 atom stereocenters. The minimum Gasteiger partial charge on any atom is -0.496 e. The average molecular weight is 150 g/mol. The van der Waals surface area contributed by atoms with Crippen LogP contribution < -0.4 is 10.4 Å². The van der Waals surface area contributed by atoms with Crippen molar-refractivity contribution in [2.24, 2.45) is 0 Å². The minimum atomic E-state index is -0.332. The van der Waals surface area contributed by atoms with E-state index in [1.807, 2.05) is 0 Å². The zero-order valence-electron chi connectivity index (χ0n) is 5.96. The van der Waals surface area contributed by atoms with Crippen molar-refractivity contribution in [1.82, 2.24) is 0 Å². The molecule has 2 heterocycles.